The van der Waals surface area contributed by atoms with Gasteiger partial charge in [-0.1, -0.05) is 31.8 Å². The van der Waals surface area contributed by atoms with Crippen LogP contribution in [0.4, 0.5) is 14.5 Å². The number of nitrogens with two attached hydrogens (primary N) is 1. The van der Waals surface area contributed by atoms with Crippen molar-refractivity contribution >= 4 is 11.5 Å². The molecule has 0 spiro atoms. The summed E-state index contributed by atoms with van der Waals surface area (Å²) in [6.07, 6.45) is 1.91. The molecule has 0 aliphatic carbocycles. The van der Waals surface area contributed by atoms with Gasteiger partial charge in [-0.15, -0.1) is 0 Å². The molecule has 0 amide bonds. The summed E-state index contributed by atoms with van der Waals surface area (Å²) >= 11 is 0. The van der Waals surface area contributed by atoms with Gasteiger partial charge < -0.3 is 15.8 Å². The van der Waals surface area contributed by atoms with E-state index in [1.54, 1.807) is 4.90 Å². The van der Waals surface area contributed by atoms with E-state index in [1.807, 2.05) is 6.92 Å². The fourth-order valence-electron chi connectivity index (χ4n) is 2.31. The van der Waals surface area contributed by atoms with Crippen LogP contribution < -0.4 is 10.6 Å². The molecule has 4 nitrogen and oxygen atoms in total. The third-order valence-corrected chi connectivity index (χ3v) is 3.75. The SMILES string of the molecule is CCC(CC)CN(CC)c1c(F)cc(C(N)=NO)cc1F. The van der Waals surface area contributed by atoms with Crippen molar-refractivity contribution in [2.24, 2.45) is 16.8 Å². The maximum absolute atomic E-state index is 14.2. The van der Waals surface area contributed by atoms with Gasteiger partial charge in [-0.2, -0.15) is 0 Å². The molecule has 0 aliphatic heterocycles. The summed E-state index contributed by atoms with van der Waals surface area (Å²) in [5, 5.41) is 11.3. The number of oxime groups is 1. The van der Waals surface area contributed by atoms with E-state index < -0.39 is 11.6 Å². The molecule has 21 heavy (non-hydrogen) atoms. The van der Waals surface area contributed by atoms with E-state index in [4.69, 9.17) is 10.9 Å². The second-order valence-corrected chi connectivity index (χ2v) is 4.99. The molecule has 0 fully saturated rings. The van der Waals surface area contributed by atoms with Gasteiger partial charge in [0.25, 0.3) is 0 Å². The van der Waals surface area contributed by atoms with Gasteiger partial charge in [0.05, 0.1) is 0 Å². The smallest absolute Gasteiger partial charge is 0.170 e. The topological polar surface area (TPSA) is 61.8 Å². The van der Waals surface area contributed by atoms with Crippen molar-refractivity contribution in [2.75, 3.05) is 18.0 Å². The van der Waals surface area contributed by atoms with Crippen molar-refractivity contribution in [1.29, 1.82) is 0 Å². The summed E-state index contributed by atoms with van der Waals surface area (Å²) in [5.74, 6) is -1.34. The number of benzene rings is 1. The van der Waals surface area contributed by atoms with Gasteiger partial charge in [-0.05, 0) is 25.0 Å². The molecule has 0 bridgehead atoms. The highest BCUT2D eigenvalue weighted by Crippen LogP contribution is 2.26. The summed E-state index contributed by atoms with van der Waals surface area (Å²) < 4.78 is 28.5. The highest BCUT2D eigenvalue weighted by Gasteiger charge is 2.20. The van der Waals surface area contributed by atoms with Crippen LogP contribution in [0.2, 0.25) is 0 Å². The molecule has 0 saturated carbocycles. The summed E-state index contributed by atoms with van der Waals surface area (Å²) in [6, 6.07) is 2.17. The van der Waals surface area contributed by atoms with Crippen molar-refractivity contribution < 1.29 is 14.0 Å². The largest absolute Gasteiger partial charge is 0.409 e. The Hall–Kier alpha value is -1.85. The monoisotopic (exact) mass is 299 g/mol. The molecule has 0 saturated heterocycles. The fourth-order valence-corrected chi connectivity index (χ4v) is 2.31. The van der Waals surface area contributed by atoms with E-state index in [1.165, 1.54) is 0 Å². The minimum absolute atomic E-state index is 0.0230. The van der Waals surface area contributed by atoms with Crippen molar-refractivity contribution in [3.8, 4) is 0 Å². The average molecular weight is 299 g/mol. The number of nitrogens with zero attached hydrogens (tertiary/aromatic N) is 2. The Morgan fingerprint density at radius 1 is 1.24 bits per heavy atom. The summed E-state index contributed by atoms with van der Waals surface area (Å²) in [5.41, 5.74) is 5.33. The van der Waals surface area contributed by atoms with E-state index in [9.17, 15) is 8.78 Å². The molecule has 3 N–H and O–H groups in total. The summed E-state index contributed by atoms with van der Waals surface area (Å²) in [4.78, 5) is 1.69. The van der Waals surface area contributed by atoms with Gasteiger partial charge in [0.2, 0.25) is 0 Å². The number of amidine groups is 1. The zero-order valence-corrected chi connectivity index (χ0v) is 12.7. The Labute approximate surface area is 124 Å². The molecule has 1 aromatic rings. The minimum Gasteiger partial charge on any atom is -0.409 e. The van der Waals surface area contributed by atoms with Gasteiger partial charge in [-0.3, -0.25) is 0 Å². The Morgan fingerprint density at radius 3 is 2.14 bits per heavy atom. The Bertz CT molecular complexity index is 479. The van der Waals surface area contributed by atoms with Gasteiger partial charge >= 0.3 is 0 Å². The van der Waals surface area contributed by atoms with Crippen LogP contribution in [0.1, 0.15) is 39.2 Å². The Morgan fingerprint density at radius 2 is 1.76 bits per heavy atom. The highest BCUT2D eigenvalue weighted by molar-refractivity contribution is 5.97. The molecule has 6 heteroatoms. The minimum atomic E-state index is -0.704. The van der Waals surface area contributed by atoms with E-state index in [0.29, 0.717) is 19.0 Å². The lowest BCUT2D eigenvalue weighted by atomic mass is 10.0. The first-order valence-corrected chi connectivity index (χ1v) is 7.20. The van der Waals surface area contributed by atoms with Gasteiger partial charge in [0, 0.05) is 18.7 Å². The molecular formula is C15H23F2N3O. The van der Waals surface area contributed by atoms with Gasteiger partial charge in [0.1, 0.15) is 17.3 Å². The van der Waals surface area contributed by atoms with Crippen molar-refractivity contribution in [1.82, 2.24) is 0 Å². The lowest BCUT2D eigenvalue weighted by Crippen LogP contribution is -2.31. The lowest BCUT2D eigenvalue weighted by Gasteiger charge is -2.28. The third-order valence-electron chi connectivity index (χ3n) is 3.75. The summed E-state index contributed by atoms with van der Waals surface area (Å²) in [7, 11) is 0. The number of halogens is 2. The van der Waals surface area contributed by atoms with E-state index in [-0.39, 0.29) is 17.1 Å². The molecule has 118 valence electrons. The highest BCUT2D eigenvalue weighted by atomic mass is 19.1. The van der Waals surface area contributed by atoms with E-state index in [0.717, 1.165) is 25.0 Å². The predicted octanol–water partition coefficient (Wildman–Crippen LogP) is 3.32. The first-order valence-electron chi connectivity index (χ1n) is 7.20. The quantitative estimate of drug-likeness (QED) is 0.351. The second-order valence-electron chi connectivity index (χ2n) is 4.99. The standard InChI is InChI=1S/C15H23F2N3O/c1-4-10(5-2)9-20(6-3)14-12(16)7-11(8-13(14)17)15(18)19-21/h7-8,10,21H,4-6,9H2,1-3H3,(H2,18,19). The number of anilines is 1. The maximum atomic E-state index is 14.2. The summed E-state index contributed by atoms with van der Waals surface area (Å²) in [6.45, 7) is 7.10. The molecule has 0 unspecified atom stereocenters. The number of rotatable bonds is 7. The number of hydrogen-bond acceptors (Lipinski definition) is 3. The van der Waals surface area contributed by atoms with Crippen LogP contribution >= 0.6 is 0 Å². The molecule has 1 aromatic carbocycles. The zero-order valence-electron chi connectivity index (χ0n) is 12.7. The first-order chi connectivity index (χ1) is 9.98. The number of hydrogen-bond donors (Lipinski definition) is 2. The van der Waals surface area contributed by atoms with Crippen LogP contribution in [0, 0.1) is 17.6 Å². The zero-order chi connectivity index (χ0) is 16.0. The second kappa shape index (κ2) is 7.81. The van der Waals surface area contributed by atoms with Crippen molar-refractivity contribution in [3.05, 3.63) is 29.3 Å². The first kappa shape index (κ1) is 17.2. The van der Waals surface area contributed by atoms with Crippen LogP contribution in [-0.2, 0) is 0 Å². The van der Waals surface area contributed by atoms with Crippen LogP contribution in [-0.4, -0.2) is 24.1 Å². The Balaban J connectivity index is 3.16. The van der Waals surface area contributed by atoms with Crippen molar-refractivity contribution in [2.45, 2.75) is 33.6 Å². The normalized spacial score (nSPS) is 12.0. The molecule has 0 radical (unpaired) electrons. The van der Waals surface area contributed by atoms with Crippen LogP contribution in [0.5, 0.6) is 0 Å². The van der Waals surface area contributed by atoms with Gasteiger partial charge in [0.15, 0.2) is 5.84 Å². The predicted molar refractivity (Wildman–Crippen MR) is 80.8 cm³/mol. The molecule has 0 atom stereocenters. The molecule has 0 heterocycles. The van der Waals surface area contributed by atoms with E-state index in [2.05, 4.69) is 19.0 Å². The van der Waals surface area contributed by atoms with Crippen LogP contribution in [0.15, 0.2) is 17.3 Å². The average Bonchev–Trinajstić information content (AvgIpc) is 2.48. The van der Waals surface area contributed by atoms with E-state index >= 15 is 0 Å². The van der Waals surface area contributed by atoms with Crippen LogP contribution in [0.3, 0.4) is 0 Å². The van der Waals surface area contributed by atoms with Crippen molar-refractivity contribution in [3.63, 3.8) is 0 Å². The maximum Gasteiger partial charge on any atom is 0.170 e. The Kier molecular flexibility index (Phi) is 6.39. The third kappa shape index (κ3) is 4.06. The molecule has 1 rings (SSSR count). The van der Waals surface area contributed by atoms with Gasteiger partial charge in [-0.25, -0.2) is 8.78 Å². The fraction of sp³-hybridized carbons (Fsp3) is 0.533. The molecule has 0 aromatic heterocycles. The molecule has 0 aliphatic rings. The molecular weight excluding hydrogens is 276 g/mol. The van der Waals surface area contributed by atoms with Crippen LogP contribution in [0.25, 0.3) is 0 Å². The lowest BCUT2D eigenvalue weighted by molar-refractivity contribution is 0.318.